The van der Waals surface area contributed by atoms with Crippen molar-refractivity contribution in [1.29, 1.82) is 0 Å². The Morgan fingerprint density at radius 3 is 2.50 bits per heavy atom. The lowest BCUT2D eigenvalue weighted by atomic mass is 9.82. The lowest BCUT2D eigenvalue weighted by Crippen LogP contribution is -2.58. The molecule has 0 unspecified atom stereocenters. The minimum atomic E-state index is -0.940. The number of carbonyl (C=O) groups is 2. The lowest BCUT2D eigenvalue weighted by Gasteiger charge is -2.44. The number of benzene rings is 1. The number of amides is 2. The average Bonchev–Trinajstić information content (AvgIpc) is 2.59. The van der Waals surface area contributed by atoms with Crippen LogP contribution < -0.4 is 0 Å². The molecule has 3 rings (SSSR count). The highest BCUT2D eigenvalue weighted by atomic mass is 19.1. The van der Waals surface area contributed by atoms with Gasteiger partial charge in [-0.25, -0.2) is 4.39 Å². The van der Waals surface area contributed by atoms with Crippen molar-refractivity contribution in [2.45, 2.75) is 45.8 Å². The van der Waals surface area contributed by atoms with E-state index < -0.39 is 5.54 Å². The van der Waals surface area contributed by atoms with Gasteiger partial charge < -0.3 is 9.80 Å². The van der Waals surface area contributed by atoms with Gasteiger partial charge in [0.05, 0.1) is 0 Å². The van der Waals surface area contributed by atoms with Gasteiger partial charge in [0.25, 0.3) is 5.91 Å². The molecule has 0 aliphatic carbocycles. The van der Waals surface area contributed by atoms with Crippen LogP contribution in [0.25, 0.3) is 0 Å². The van der Waals surface area contributed by atoms with E-state index in [1.807, 2.05) is 20.8 Å². The summed E-state index contributed by atoms with van der Waals surface area (Å²) in [6.45, 7) is 7.82. The Morgan fingerprint density at radius 2 is 1.91 bits per heavy atom. The maximum absolute atomic E-state index is 13.5. The van der Waals surface area contributed by atoms with Crippen molar-refractivity contribution in [3.05, 3.63) is 35.1 Å². The van der Waals surface area contributed by atoms with Crippen LogP contribution in [0.3, 0.4) is 0 Å². The molecule has 0 saturated carbocycles. The zero-order valence-electron chi connectivity index (χ0n) is 13.6. The van der Waals surface area contributed by atoms with Crippen molar-refractivity contribution in [1.82, 2.24) is 9.80 Å². The van der Waals surface area contributed by atoms with Gasteiger partial charge >= 0.3 is 0 Å². The van der Waals surface area contributed by atoms with E-state index in [1.54, 1.807) is 23.8 Å². The number of fused-ring (bicyclic) bond motifs is 2. The van der Waals surface area contributed by atoms with E-state index in [1.165, 1.54) is 18.2 Å². The van der Waals surface area contributed by atoms with E-state index in [4.69, 9.17) is 0 Å². The van der Waals surface area contributed by atoms with Gasteiger partial charge in [-0.3, -0.25) is 9.59 Å². The molecule has 1 aromatic rings. The molecule has 4 nitrogen and oxygen atoms in total. The molecule has 118 valence electrons. The number of halogens is 1. The van der Waals surface area contributed by atoms with E-state index >= 15 is 0 Å². The highest BCUT2D eigenvalue weighted by Crippen LogP contribution is 2.44. The molecule has 2 amide bonds. The first-order chi connectivity index (χ1) is 10.1. The first kappa shape index (κ1) is 15.0. The largest absolute Gasteiger partial charge is 0.323 e. The zero-order chi connectivity index (χ0) is 16.4. The first-order valence-electron chi connectivity index (χ1n) is 7.47. The molecule has 1 aromatic carbocycles. The predicted octanol–water partition coefficient (Wildman–Crippen LogP) is 2.43. The number of nitrogens with zero attached hydrogens (tertiary/aromatic N) is 2. The summed E-state index contributed by atoms with van der Waals surface area (Å²) in [5.41, 5.74) is -0.101. The Labute approximate surface area is 129 Å². The van der Waals surface area contributed by atoms with Gasteiger partial charge in [-0.15, -0.1) is 0 Å². The van der Waals surface area contributed by atoms with E-state index in [0.717, 1.165) is 0 Å². The van der Waals surface area contributed by atoms with Crippen molar-refractivity contribution < 1.29 is 14.0 Å². The van der Waals surface area contributed by atoms with Crippen molar-refractivity contribution in [3.63, 3.8) is 0 Å². The summed E-state index contributed by atoms with van der Waals surface area (Å²) in [4.78, 5) is 29.1. The fraction of sp³-hybridized carbons (Fsp3) is 0.529. The second-order valence-electron chi connectivity index (χ2n) is 7.58. The molecule has 0 spiro atoms. The average molecular weight is 304 g/mol. The third-order valence-electron chi connectivity index (χ3n) is 4.75. The zero-order valence-corrected chi connectivity index (χ0v) is 13.6. The topological polar surface area (TPSA) is 40.6 Å². The molecule has 22 heavy (non-hydrogen) atoms. The minimum absolute atomic E-state index is 0.0873. The van der Waals surface area contributed by atoms with Crippen molar-refractivity contribution in [2.24, 2.45) is 5.41 Å². The summed E-state index contributed by atoms with van der Waals surface area (Å²) in [5.74, 6) is -0.660. The van der Waals surface area contributed by atoms with Gasteiger partial charge in [-0.1, -0.05) is 20.8 Å². The summed E-state index contributed by atoms with van der Waals surface area (Å²) in [6.07, 6.45) is 0.0393. The Balaban J connectivity index is 2.19. The van der Waals surface area contributed by atoms with E-state index in [2.05, 4.69) is 0 Å². The van der Waals surface area contributed by atoms with Crippen molar-refractivity contribution >= 4 is 11.8 Å². The molecular formula is C17H21FN2O2. The summed E-state index contributed by atoms with van der Waals surface area (Å²) in [6, 6.07) is 4.19. The van der Waals surface area contributed by atoms with Crippen LogP contribution in [-0.2, 0) is 11.2 Å². The number of hydrogen-bond donors (Lipinski definition) is 0. The van der Waals surface area contributed by atoms with E-state index in [-0.39, 0.29) is 29.2 Å². The van der Waals surface area contributed by atoms with Gasteiger partial charge in [0.1, 0.15) is 17.5 Å². The molecule has 0 aromatic heterocycles. The third kappa shape index (κ3) is 1.81. The molecule has 0 N–H and O–H groups in total. The second kappa shape index (κ2) is 4.31. The Kier molecular flexibility index (Phi) is 2.94. The fourth-order valence-corrected chi connectivity index (χ4v) is 3.92. The summed E-state index contributed by atoms with van der Waals surface area (Å²) >= 11 is 0. The molecule has 2 atom stereocenters. The van der Waals surface area contributed by atoms with Gasteiger partial charge in [-0.2, -0.15) is 0 Å². The minimum Gasteiger partial charge on any atom is -0.323 e. The summed E-state index contributed by atoms with van der Waals surface area (Å²) in [7, 11) is 1.74. The highest BCUT2D eigenvalue weighted by molar-refractivity contribution is 6.04. The molecule has 1 fully saturated rings. The van der Waals surface area contributed by atoms with Crippen LogP contribution >= 0.6 is 0 Å². The quantitative estimate of drug-likeness (QED) is 0.738. The molecule has 2 heterocycles. The molecule has 1 saturated heterocycles. The highest BCUT2D eigenvalue weighted by Gasteiger charge is 2.60. The van der Waals surface area contributed by atoms with Gasteiger partial charge in [0, 0.05) is 24.4 Å². The molecule has 0 bridgehead atoms. The molecule has 0 radical (unpaired) electrons. The first-order valence-corrected chi connectivity index (χ1v) is 7.47. The number of carbonyl (C=O) groups excluding carboxylic acids is 2. The van der Waals surface area contributed by atoms with Crippen molar-refractivity contribution in [3.8, 4) is 0 Å². The Bertz CT molecular complexity index is 680. The molecule has 2 aliphatic rings. The molecule has 2 aliphatic heterocycles. The normalized spacial score (nSPS) is 28.0. The monoisotopic (exact) mass is 304 g/mol. The maximum atomic E-state index is 13.5. The number of likely N-dealkylation sites (N-methyl/N-ethyl adjacent to an activating group) is 1. The van der Waals surface area contributed by atoms with Gasteiger partial charge in [0.2, 0.25) is 5.91 Å². The van der Waals surface area contributed by atoms with Crippen LogP contribution in [-0.4, -0.2) is 40.4 Å². The smallest absolute Gasteiger partial charge is 0.256 e. The predicted molar refractivity (Wildman–Crippen MR) is 80.7 cm³/mol. The Morgan fingerprint density at radius 1 is 1.27 bits per heavy atom. The van der Waals surface area contributed by atoms with E-state index in [9.17, 15) is 14.0 Å². The Hall–Kier alpha value is -1.91. The fourth-order valence-electron chi connectivity index (χ4n) is 3.92. The van der Waals surface area contributed by atoms with E-state index in [0.29, 0.717) is 17.5 Å². The van der Waals surface area contributed by atoms with Crippen LogP contribution in [0, 0.1) is 11.2 Å². The second-order valence-corrected chi connectivity index (χ2v) is 7.58. The van der Waals surface area contributed by atoms with Crippen LogP contribution in [0.15, 0.2) is 18.2 Å². The standard InChI is InChI=1S/C17H21FN2O2/c1-16(2,3)14-19(5)15(22)17(4)9-10-8-11(18)6-7-12(10)13(21)20(14)17/h6-8,14H,9H2,1-5H3/t14-,17+/m0/s1. The lowest BCUT2D eigenvalue weighted by molar-refractivity contribution is -0.132. The summed E-state index contributed by atoms with van der Waals surface area (Å²) in [5, 5.41) is 0. The van der Waals surface area contributed by atoms with Crippen LogP contribution in [0.5, 0.6) is 0 Å². The summed E-state index contributed by atoms with van der Waals surface area (Å²) < 4.78 is 13.5. The van der Waals surface area contributed by atoms with Gasteiger partial charge in [-0.05, 0) is 30.7 Å². The van der Waals surface area contributed by atoms with Crippen LogP contribution in [0.1, 0.15) is 43.6 Å². The molecule has 5 heteroatoms. The van der Waals surface area contributed by atoms with Gasteiger partial charge in [0.15, 0.2) is 0 Å². The van der Waals surface area contributed by atoms with Crippen LogP contribution in [0.2, 0.25) is 0 Å². The van der Waals surface area contributed by atoms with Crippen molar-refractivity contribution in [2.75, 3.05) is 7.05 Å². The number of hydrogen-bond acceptors (Lipinski definition) is 2. The van der Waals surface area contributed by atoms with Crippen LogP contribution in [0.4, 0.5) is 4.39 Å². The SMILES string of the molecule is CN1C(=O)[C@@]2(C)Cc3cc(F)ccc3C(=O)N2[C@H]1C(C)(C)C. The third-order valence-corrected chi connectivity index (χ3v) is 4.75. The number of rotatable bonds is 0. The molecular weight excluding hydrogens is 283 g/mol. The maximum Gasteiger partial charge on any atom is 0.256 e.